The third-order valence-electron chi connectivity index (χ3n) is 4.59. The number of nitrogens with zero attached hydrogens (tertiary/aromatic N) is 2. The van der Waals surface area contributed by atoms with E-state index in [0.29, 0.717) is 24.2 Å². The number of hydrogen-bond acceptors (Lipinski definition) is 4. The van der Waals surface area contributed by atoms with E-state index in [2.05, 4.69) is 10.1 Å². The molecule has 2 atom stereocenters. The lowest BCUT2D eigenvalue weighted by Gasteiger charge is -2.37. The van der Waals surface area contributed by atoms with Gasteiger partial charge in [0.1, 0.15) is 5.82 Å². The summed E-state index contributed by atoms with van der Waals surface area (Å²) in [5, 5.41) is 21.5. The number of benzene rings is 1. The Morgan fingerprint density at radius 1 is 1.29 bits per heavy atom. The molecule has 114 valence electrons. The van der Waals surface area contributed by atoms with E-state index in [0.717, 1.165) is 31.2 Å². The molecule has 2 heterocycles. The fourth-order valence-corrected chi connectivity index (χ4v) is 3.66. The Balaban J connectivity index is 1.81. The fourth-order valence-electron chi connectivity index (χ4n) is 3.66. The van der Waals surface area contributed by atoms with Gasteiger partial charge in [-0.2, -0.15) is 0 Å². The van der Waals surface area contributed by atoms with E-state index in [9.17, 15) is 9.50 Å². The number of fused-ring (bicyclic) bond motifs is 2. The first kappa shape index (κ1) is 14.3. The molecule has 0 aromatic heterocycles. The monoisotopic (exact) mass is 293 g/mol. The highest BCUT2D eigenvalue weighted by molar-refractivity contribution is 5.97. The molecule has 6 heteroatoms. The van der Waals surface area contributed by atoms with E-state index in [1.54, 1.807) is 6.07 Å². The van der Waals surface area contributed by atoms with Crippen molar-refractivity contribution in [1.29, 1.82) is 0 Å². The van der Waals surface area contributed by atoms with Crippen molar-refractivity contribution in [3.63, 3.8) is 0 Å². The summed E-state index contributed by atoms with van der Waals surface area (Å²) >= 11 is 0. The minimum absolute atomic E-state index is 0.0900. The predicted octanol–water partition coefficient (Wildman–Crippen LogP) is 1.41. The number of hydrogen-bond donors (Lipinski definition) is 3. The highest BCUT2D eigenvalue weighted by atomic mass is 19.1. The first-order chi connectivity index (χ1) is 10.1. The molecule has 0 spiro atoms. The smallest absolute Gasteiger partial charge is 0.170 e. The molecule has 0 aliphatic carbocycles. The Morgan fingerprint density at radius 2 is 1.95 bits per heavy atom. The van der Waals surface area contributed by atoms with E-state index >= 15 is 0 Å². The van der Waals surface area contributed by atoms with Crippen LogP contribution in [0.3, 0.4) is 0 Å². The summed E-state index contributed by atoms with van der Waals surface area (Å²) in [6.07, 6.45) is 3.55. The molecule has 4 N–H and O–H groups in total. The molecule has 1 aromatic rings. The number of piperidine rings is 1. The van der Waals surface area contributed by atoms with Crippen molar-refractivity contribution < 1.29 is 14.7 Å². The van der Waals surface area contributed by atoms with Crippen LogP contribution in [0.2, 0.25) is 0 Å². The van der Waals surface area contributed by atoms with Crippen molar-refractivity contribution in [2.24, 2.45) is 10.9 Å². The predicted molar refractivity (Wildman–Crippen MR) is 76.5 cm³/mol. The molecule has 21 heavy (non-hydrogen) atoms. The number of halogens is 1. The van der Waals surface area contributed by atoms with Crippen molar-refractivity contribution >= 4 is 5.84 Å². The maximum Gasteiger partial charge on any atom is 0.170 e. The molecule has 2 aliphatic rings. The minimum Gasteiger partial charge on any atom is -0.409 e. The van der Waals surface area contributed by atoms with Gasteiger partial charge in [0.25, 0.3) is 0 Å². The van der Waals surface area contributed by atoms with Crippen LogP contribution >= 0.6 is 0 Å². The van der Waals surface area contributed by atoms with Gasteiger partial charge in [-0.15, -0.1) is 0 Å². The van der Waals surface area contributed by atoms with Crippen LogP contribution in [-0.2, 0) is 6.54 Å². The van der Waals surface area contributed by atoms with Gasteiger partial charge in [-0.1, -0.05) is 5.16 Å². The van der Waals surface area contributed by atoms with E-state index in [-0.39, 0.29) is 11.9 Å². The summed E-state index contributed by atoms with van der Waals surface area (Å²) in [6, 6.07) is 5.23. The van der Waals surface area contributed by atoms with Crippen molar-refractivity contribution in [2.45, 2.75) is 50.4 Å². The van der Waals surface area contributed by atoms with Crippen LogP contribution in [0.15, 0.2) is 23.4 Å². The lowest BCUT2D eigenvalue weighted by Crippen LogP contribution is -2.44. The van der Waals surface area contributed by atoms with Crippen molar-refractivity contribution in [3.05, 3.63) is 35.1 Å². The standard InChI is InChI=1S/C15H20FN3O2/c16-11-4-9(3-10(5-11)15(17)18-21)8-19-12-1-2-13(19)7-14(20)6-12/h3-5,12-14,20-21H,1-2,6-8H2,(H2,17,18). The Hall–Kier alpha value is -1.66. The van der Waals surface area contributed by atoms with Gasteiger partial charge in [0.05, 0.1) is 6.10 Å². The molecule has 0 radical (unpaired) electrons. The van der Waals surface area contributed by atoms with Crippen LogP contribution < -0.4 is 5.73 Å². The summed E-state index contributed by atoms with van der Waals surface area (Å²) in [4.78, 5) is 2.34. The van der Waals surface area contributed by atoms with Gasteiger partial charge >= 0.3 is 0 Å². The number of amidine groups is 1. The summed E-state index contributed by atoms with van der Waals surface area (Å²) in [7, 11) is 0. The zero-order valence-electron chi connectivity index (χ0n) is 11.7. The summed E-state index contributed by atoms with van der Waals surface area (Å²) in [6.45, 7) is 0.630. The molecule has 2 bridgehead atoms. The van der Waals surface area contributed by atoms with Crippen molar-refractivity contribution in [2.75, 3.05) is 0 Å². The molecule has 3 rings (SSSR count). The van der Waals surface area contributed by atoms with Crippen molar-refractivity contribution in [1.82, 2.24) is 4.90 Å². The normalized spacial score (nSPS) is 29.8. The Bertz CT molecular complexity index is 550. The second kappa shape index (κ2) is 5.61. The average molecular weight is 293 g/mol. The molecule has 1 aromatic carbocycles. The molecule has 2 aliphatic heterocycles. The maximum atomic E-state index is 13.7. The second-order valence-corrected chi connectivity index (χ2v) is 6.02. The molecule has 2 fully saturated rings. The van der Waals surface area contributed by atoms with Crippen LogP contribution in [0.5, 0.6) is 0 Å². The fraction of sp³-hybridized carbons (Fsp3) is 0.533. The molecular weight excluding hydrogens is 273 g/mol. The van der Waals surface area contributed by atoms with Crippen LogP contribution in [0.4, 0.5) is 4.39 Å². The first-order valence-electron chi connectivity index (χ1n) is 7.28. The van der Waals surface area contributed by atoms with Gasteiger partial charge in [-0.05, 0) is 49.4 Å². The van der Waals surface area contributed by atoms with Gasteiger partial charge in [0, 0.05) is 24.2 Å². The van der Waals surface area contributed by atoms with Gasteiger partial charge in [0.15, 0.2) is 5.84 Å². The van der Waals surface area contributed by atoms with Crippen molar-refractivity contribution in [3.8, 4) is 0 Å². The number of nitrogens with two attached hydrogens (primary N) is 1. The SMILES string of the molecule is N/C(=N/O)c1cc(F)cc(CN2C3CCC2CC(O)C3)c1. The second-order valence-electron chi connectivity index (χ2n) is 6.02. The third kappa shape index (κ3) is 2.87. The maximum absolute atomic E-state index is 13.7. The number of aliphatic hydroxyl groups excluding tert-OH is 1. The van der Waals surface area contributed by atoms with Gasteiger partial charge < -0.3 is 16.0 Å². The van der Waals surface area contributed by atoms with E-state index in [1.165, 1.54) is 12.1 Å². The van der Waals surface area contributed by atoms with E-state index in [4.69, 9.17) is 10.9 Å². The zero-order valence-corrected chi connectivity index (χ0v) is 11.7. The molecule has 2 unspecified atom stereocenters. The Kier molecular flexibility index (Phi) is 3.82. The molecule has 0 saturated carbocycles. The summed E-state index contributed by atoms with van der Waals surface area (Å²) in [5.41, 5.74) is 6.73. The van der Waals surface area contributed by atoms with Gasteiger partial charge in [0.2, 0.25) is 0 Å². The van der Waals surface area contributed by atoms with Gasteiger partial charge in [-0.3, -0.25) is 4.90 Å². The Morgan fingerprint density at radius 3 is 2.57 bits per heavy atom. The quantitative estimate of drug-likeness (QED) is 0.340. The minimum atomic E-state index is -0.390. The van der Waals surface area contributed by atoms with E-state index in [1.807, 2.05) is 0 Å². The summed E-state index contributed by atoms with van der Waals surface area (Å²) in [5.74, 6) is -0.480. The van der Waals surface area contributed by atoms with Crippen LogP contribution in [-0.4, -0.2) is 39.2 Å². The summed E-state index contributed by atoms with van der Waals surface area (Å²) < 4.78 is 13.7. The van der Waals surface area contributed by atoms with Crippen LogP contribution in [0.1, 0.15) is 36.8 Å². The highest BCUT2D eigenvalue weighted by Gasteiger charge is 2.39. The number of rotatable bonds is 3. The average Bonchev–Trinajstić information content (AvgIpc) is 2.69. The molecular formula is C15H20FN3O2. The van der Waals surface area contributed by atoms with Crippen LogP contribution in [0, 0.1) is 5.82 Å². The highest BCUT2D eigenvalue weighted by Crippen LogP contribution is 2.36. The first-order valence-corrected chi connectivity index (χ1v) is 7.28. The molecule has 5 nitrogen and oxygen atoms in total. The van der Waals surface area contributed by atoms with E-state index < -0.39 is 5.82 Å². The number of aliphatic hydroxyl groups is 1. The van der Waals surface area contributed by atoms with Crippen LogP contribution in [0.25, 0.3) is 0 Å². The lowest BCUT2D eigenvalue weighted by molar-refractivity contribution is 0.0310. The topological polar surface area (TPSA) is 82.1 Å². The third-order valence-corrected chi connectivity index (χ3v) is 4.59. The number of oxime groups is 1. The largest absolute Gasteiger partial charge is 0.409 e. The van der Waals surface area contributed by atoms with Gasteiger partial charge in [-0.25, -0.2) is 4.39 Å². The molecule has 2 saturated heterocycles. The lowest BCUT2D eigenvalue weighted by atomic mass is 9.98. The Labute approximate surface area is 122 Å². The molecule has 0 amide bonds. The zero-order chi connectivity index (χ0) is 15.0.